The Labute approximate surface area is 134 Å². The normalized spacial score (nSPS) is 16.2. The van der Waals surface area contributed by atoms with Crippen LogP contribution in [0.25, 0.3) is 0 Å². The highest BCUT2D eigenvalue weighted by Gasteiger charge is 2.45. The Morgan fingerprint density at radius 3 is 2.30 bits per heavy atom. The van der Waals surface area contributed by atoms with Crippen molar-refractivity contribution in [2.24, 2.45) is 0 Å². The first-order valence-electron chi connectivity index (χ1n) is 7.07. The van der Waals surface area contributed by atoms with Crippen LogP contribution in [0, 0.1) is 0 Å². The van der Waals surface area contributed by atoms with Gasteiger partial charge in [-0.25, -0.2) is 17.9 Å². The van der Waals surface area contributed by atoms with Gasteiger partial charge in [-0.2, -0.15) is 0 Å². The zero-order valence-electron chi connectivity index (χ0n) is 12.4. The minimum Gasteiger partial charge on any atom is -0.480 e. The lowest BCUT2D eigenvalue weighted by Crippen LogP contribution is -2.59. The molecule has 3 N–H and O–H groups in total. The van der Waals surface area contributed by atoms with E-state index in [1.807, 2.05) is 0 Å². The number of rotatable bonds is 7. The molecular weight excluding hydrogens is 320 g/mol. The van der Waals surface area contributed by atoms with Gasteiger partial charge in [0.25, 0.3) is 5.91 Å². The van der Waals surface area contributed by atoms with Crippen LogP contribution in [0.3, 0.4) is 0 Å². The topological polar surface area (TPSA) is 113 Å². The van der Waals surface area contributed by atoms with Gasteiger partial charge in [-0.3, -0.25) is 4.79 Å². The van der Waals surface area contributed by atoms with E-state index in [1.165, 1.54) is 30.3 Å². The quantitative estimate of drug-likeness (QED) is 0.639. The molecule has 1 aliphatic rings. The van der Waals surface area contributed by atoms with Crippen LogP contribution in [0.4, 0.5) is 0 Å². The molecular formula is C15H18N2O5S. The standard InChI is InChI=1S/C15H18N2O5S/c1-2-10-16-23(21,22)12-6-4-11(5-7-12)13(18)17-15(14(19)20)8-3-9-15/h2,4-7,16H,1,3,8-10H2,(H,17,18)(H,19,20). The van der Waals surface area contributed by atoms with Crippen LogP contribution in [0.1, 0.15) is 29.6 Å². The molecule has 2 rings (SSSR count). The van der Waals surface area contributed by atoms with Crippen molar-refractivity contribution in [3.63, 3.8) is 0 Å². The first-order chi connectivity index (χ1) is 10.8. The summed E-state index contributed by atoms with van der Waals surface area (Å²) < 4.78 is 26.1. The average Bonchev–Trinajstić information content (AvgIpc) is 2.48. The van der Waals surface area contributed by atoms with Crippen LogP contribution in [0.5, 0.6) is 0 Å². The Morgan fingerprint density at radius 1 is 1.26 bits per heavy atom. The van der Waals surface area contributed by atoms with Crippen molar-refractivity contribution in [3.8, 4) is 0 Å². The van der Waals surface area contributed by atoms with Crippen molar-refractivity contribution >= 4 is 21.9 Å². The average molecular weight is 338 g/mol. The second-order valence-electron chi connectivity index (χ2n) is 5.36. The minimum absolute atomic E-state index is 0.0208. The van der Waals surface area contributed by atoms with E-state index in [9.17, 15) is 23.1 Å². The van der Waals surface area contributed by atoms with Crippen LogP contribution in [0.2, 0.25) is 0 Å². The summed E-state index contributed by atoms with van der Waals surface area (Å²) in [5.41, 5.74) is -0.993. The summed E-state index contributed by atoms with van der Waals surface area (Å²) in [6, 6.07) is 5.31. The van der Waals surface area contributed by atoms with Gasteiger partial charge in [-0.15, -0.1) is 6.58 Å². The van der Waals surface area contributed by atoms with E-state index in [0.29, 0.717) is 12.8 Å². The number of sulfonamides is 1. The Hall–Kier alpha value is -2.19. The second kappa shape index (κ2) is 6.51. The van der Waals surface area contributed by atoms with E-state index >= 15 is 0 Å². The molecule has 1 fully saturated rings. The fourth-order valence-corrected chi connectivity index (χ4v) is 3.25. The van der Waals surface area contributed by atoms with E-state index < -0.39 is 27.4 Å². The number of carbonyl (C=O) groups is 2. The Morgan fingerprint density at radius 2 is 1.87 bits per heavy atom. The van der Waals surface area contributed by atoms with Gasteiger partial charge in [0.2, 0.25) is 10.0 Å². The van der Waals surface area contributed by atoms with Crippen molar-refractivity contribution in [3.05, 3.63) is 42.5 Å². The molecule has 1 amide bonds. The first-order valence-corrected chi connectivity index (χ1v) is 8.56. The molecule has 1 aromatic carbocycles. The van der Waals surface area contributed by atoms with Gasteiger partial charge in [-0.05, 0) is 43.5 Å². The van der Waals surface area contributed by atoms with E-state index in [2.05, 4.69) is 16.6 Å². The van der Waals surface area contributed by atoms with E-state index in [-0.39, 0.29) is 17.0 Å². The molecule has 0 aliphatic heterocycles. The molecule has 0 spiro atoms. The Bertz CT molecular complexity index is 721. The monoisotopic (exact) mass is 338 g/mol. The molecule has 0 heterocycles. The van der Waals surface area contributed by atoms with Gasteiger partial charge < -0.3 is 10.4 Å². The van der Waals surface area contributed by atoms with Gasteiger partial charge in [0, 0.05) is 12.1 Å². The number of hydrogen-bond acceptors (Lipinski definition) is 4. The van der Waals surface area contributed by atoms with Gasteiger partial charge in [0.05, 0.1) is 4.90 Å². The molecule has 124 valence electrons. The highest BCUT2D eigenvalue weighted by atomic mass is 32.2. The van der Waals surface area contributed by atoms with E-state index in [1.54, 1.807) is 0 Å². The predicted molar refractivity (Wildman–Crippen MR) is 83.5 cm³/mol. The van der Waals surface area contributed by atoms with Gasteiger partial charge >= 0.3 is 5.97 Å². The number of hydrogen-bond donors (Lipinski definition) is 3. The van der Waals surface area contributed by atoms with Crippen LogP contribution >= 0.6 is 0 Å². The maximum absolute atomic E-state index is 12.1. The van der Waals surface area contributed by atoms with Gasteiger partial charge in [0.1, 0.15) is 5.54 Å². The third-order valence-corrected chi connectivity index (χ3v) is 5.25. The molecule has 0 atom stereocenters. The molecule has 0 aromatic heterocycles. The molecule has 1 saturated carbocycles. The molecule has 0 unspecified atom stereocenters. The number of amides is 1. The number of carboxylic acid groups (broad SMARTS) is 1. The predicted octanol–water partition coefficient (Wildman–Crippen LogP) is 0.888. The summed E-state index contributed by atoms with van der Waals surface area (Å²) >= 11 is 0. The van der Waals surface area contributed by atoms with Crippen molar-refractivity contribution < 1.29 is 23.1 Å². The molecule has 0 saturated heterocycles. The van der Waals surface area contributed by atoms with Crippen LogP contribution in [-0.4, -0.2) is 37.5 Å². The minimum atomic E-state index is -3.65. The number of nitrogens with one attached hydrogen (secondary N) is 2. The van der Waals surface area contributed by atoms with E-state index in [4.69, 9.17) is 0 Å². The lowest BCUT2D eigenvalue weighted by Gasteiger charge is -2.38. The second-order valence-corrected chi connectivity index (χ2v) is 7.13. The fraction of sp³-hybridized carbons (Fsp3) is 0.333. The summed E-state index contributed by atoms with van der Waals surface area (Å²) in [5.74, 6) is -1.58. The highest BCUT2D eigenvalue weighted by Crippen LogP contribution is 2.32. The van der Waals surface area contributed by atoms with Gasteiger partial charge in [-0.1, -0.05) is 6.08 Å². The molecule has 1 aromatic rings. The van der Waals surface area contributed by atoms with Crippen molar-refractivity contribution in [1.82, 2.24) is 10.0 Å². The van der Waals surface area contributed by atoms with Crippen LogP contribution in [-0.2, 0) is 14.8 Å². The summed E-state index contributed by atoms with van der Waals surface area (Å²) in [6.45, 7) is 3.53. The maximum atomic E-state index is 12.1. The van der Waals surface area contributed by atoms with Crippen LogP contribution < -0.4 is 10.0 Å². The summed E-state index contributed by atoms with van der Waals surface area (Å²) in [7, 11) is -3.65. The molecule has 7 nitrogen and oxygen atoms in total. The Balaban J connectivity index is 2.12. The highest BCUT2D eigenvalue weighted by molar-refractivity contribution is 7.89. The first kappa shape index (κ1) is 17.2. The zero-order valence-corrected chi connectivity index (χ0v) is 13.2. The maximum Gasteiger partial charge on any atom is 0.329 e. The smallest absolute Gasteiger partial charge is 0.329 e. The van der Waals surface area contributed by atoms with Crippen molar-refractivity contribution in [2.45, 2.75) is 29.7 Å². The van der Waals surface area contributed by atoms with Crippen molar-refractivity contribution in [2.75, 3.05) is 6.54 Å². The summed E-state index contributed by atoms with van der Waals surface area (Å²) in [5, 5.41) is 11.7. The molecule has 23 heavy (non-hydrogen) atoms. The SMILES string of the molecule is C=CCNS(=O)(=O)c1ccc(C(=O)NC2(C(=O)O)CCC2)cc1. The number of carboxylic acids is 1. The third-order valence-electron chi connectivity index (χ3n) is 3.81. The molecule has 0 radical (unpaired) electrons. The van der Waals surface area contributed by atoms with E-state index in [0.717, 1.165) is 6.42 Å². The molecule has 1 aliphatic carbocycles. The lowest BCUT2D eigenvalue weighted by molar-refractivity contribution is -0.148. The van der Waals surface area contributed by atoms with Crippen molar-refractivity contribution in [1.29, 1.82) is 0 Å². The molecule has 8 heteroatoms. The largest absolute Gasteiger partial charge is 0.480 e. The van der Waals surface area contributed by atoms with Crippen LogP contribution in [0.15, 0.2) is 41.8 Å². The number of benzene rings is 1. The number of carbonyl (C=O) groups excluding carboxylic acids is 1. The third kappa shape index (κ3) is 3.59. The fourth-order valence-electron chi connectivity index (χ4n) is 2.25. The zero-order chi connectivity index (χ0) is 17.1. The summed E-state index contributed by atoms with van der Waals surface area (Å²) in [4.78, 5) is 23.4. The number of aliphatic carboxylic acids is 1. The Kier molecular flexibility index (Phi) is 4.86. The molecule has 0 bridgehead atoms. The van der Waals surface area contributed by atoms with Gasteiger partial charge in [0.15, 0.2) is 0 Å². The lowest BCUT2D eigenvalue weighted by atomic mass is 9.76. The summed E-state index contributed by atoms with van der Waals surface area (Å²) in [6.07, 6.45) is 2.96.